The van der Waals surface area contributed by atoms with Crippen molar-refractivity contribution in [3.63, 3.8) is 0 Å². The maximum Gasteiger partial charge on any atom is 0.357 e. The molecule has 2 rings (SSSR count). The van der Waals surface area contributed by atoms with E-state index in [-0.39, 0.29) is 12.1 Å². The molecule has 92 valence electrons. The minimum absolute atomic E-state index is 0.0596. The quantitative estimate of drug-likeness (QED) is 0.631. The Hall–Kier alpha value is -1.58. The molecule has 0 radical (unpaired) electrons. The molecule has 1 fully saturated rings. The maximum atomic E-state index is 11.8. The zero-order valence-electron chi connectivity index (χ0n) is 9.89. The van der Waals surface area contributed by atoms with Crippen LogP contribution in [0.2, 0.25) is 0 Å². The fraction of sp³-hybridized carbons (Fsp3) is 0.538. The van der Waals surface area contributed by atoms with Crippen molar-refractivity contribution in [2.24, 2.45) is 0 Å². The van der Waals surface area contributed by atoms with Crippen LogP contribution >= 0.6 is 0 Å². The molecule has 4 heteroatoms. The highest BCUT2D eigenvalue weighted by atomic mass is 16.5. The molecule has 1 aromatic heterocycles. The van der Waals surface area contributed by atoms with Crippen molar-refractivity contribution in [1.82, 2.24) is 4.98 Å². The summed E-state index contributed by atoms with van der Waals surface area (Å²) in [6, 6.07) is 3.27. The summed E-state index contributed by atoms with van der Waals surface area (Å²) < 4.78 is 5.45. The van der Waals surface area contributed by atoms with Crippen LogP contribution in [0, 0.1) is 0 Å². The number of rotatable bonds is 2. The van der Waals surface area contributed by atoms with Gasteiger partial charge in [0.1, 0.15) is 11.8 Å². The third kappa shape index (κ3) is 3.44. The highest BCUT2D eigenvalue weighted by molar-refractivity contribution is 5.87. The first kappa shape index (κ1) is 11.9. The average molecular weight is 234 g/mol. The third-order valence-electron chi connectivity index (χ3n) is 3.07. The molecule has 0 aromatic carbocycles. The van der Waals surface area contributed by atoms with Crippen LogP contribution in [0.4, 0.5) is 5.69 Å². The highest BCUT2D eigenvalue weighted by Crippen LogP contribution is 2.20. The molecule has 0 bridgehead atoms. The molecule has 1 aliphatic rings. The molecule has 1 aliphatic carbocycles. The largest absolute Gasteiger partial charge is 0.458 e. The molecule has 0 unspecified atom stereocenters. The molecule has 0 saturated heterocycles. The van der Waals surface area contributed by atoms with E-state index in [1.165, 1.54) is 19.0 Å². The topological polar surface area (TPSA) is 65.2 Å². The second-order valence-corrected chi connectivity index (χ2v) is 4.50. The van der Waals surface area contributed by atoms with Gasteiger partial charge in [0, 0.05) is 0 Å². The van der Waals surface area contributed by atoms with Crippen LogP contribution in [0.5, 0.6) is 0 Å². The smallest absolute Gasteiger partial charge is 0.357 e. The van der Waals surface area contributed by atoms with Crippen LogP contribution in [0.1, 0.15) is 49.0 Å². The normalized spacial score (nSPS) is 17.4. The molecule has 1 aromatic rings. The van der Waals surface area contributed by atoms with E-state index in [9.17, 15) is 4.79 Å². The van der Waals surface area contributed by atoms with Crippen molar-refractivity contribution in [3.05, 3.63) is 24.0 Å². The molecule has 0 amide bonds. The van der Waals surface area contributed by atoms with Crippen molar-refractivity contribution < 1.29 is 9.53 Å². The van der Waals surface area contributed by atoms with Gasteiger partial charge in [-0.3, -0.25) is 0 Å². The first-order valence-corrected chi connectivity index (χ1v) is 6.18. The Morgan fingerprint density at radius 3 is 2.53 bits per heavy atom. The van der Waals surface area contributed by atoms with Gasteiger partial charge < -0.3 is 10.5 Å². The lowest BCUT2D eigenvalue weighted by molar-refractivity contribution is 0.0260. The number of nitrogens with zero attached hydrogens (tertiary/aromatic N) is 1. The molecule has 4 nitrogen and oxygen atoms in total. The van der Waals surface area contributed by atoms with Crippen LogP contribution in [-0.4, -0.2) is 17.1 Å². The van der Waals surface area contributed by atoms with E-state index in [0.717, 1.165) is 25.7 Å². The summed E-state index contributed by atoms with van der Waals surface area (Å²) in [5.74, 6) is -0.336. The van der Waals surface area contributed by atoms with Gasteiger partial charge in [-0.25, -0.2) is 9.78 Å². The maximum absolute atomic E-state index is 11.8. The summed E-state index contributed by atoms with van der Waals surface area (Å²) in [5.41, 5.74) is 6.41. The Kier molecular flexibility index (Phi) is 3.96. The number of esters is 1. The van der Waals surface area contributed by atoms with Gasteiger partial charge in [-0.1, -0.05) is 12.8 Å². The van der Waals surface area contributed by atoms with E-state index in [1.807, 2.05) is 0 Å². The van der Waals surface area contributed by atoms with Gasteiger partial charge in [0.05, 0.1) is 11.9 Å². The van der Waals surface area contributed by atoms with Gasteiger partial charge >= 0.3 is 5.97 Å². The van der Waals surface area contributed by atoms with E-state index in [0.29, 0.717) is 11.4 Å². The number of ether oxygens (including phenoxy) is 1. The average Bonchev–Trinajstić information content (AvgIpc) is 2.58. The molecular formula is C13H18N2O2. The second kappa shape index (κ2) is 5.66. The molecular weight excluding hydrogens is 216 g/mol. The molecule has 1 saturated carbocycles. The van der Waals surface area contributed by atoms with Crippen molar-refractivity contribution in [1.29, 1.82) is 0 Å². The molecule has 1 heterocycles. The van der Waals surface area contributed by atoms with Crippen LogP contribution < -0.4 is 5.73 Å². The van der Waals surface area contributed by atoms with Gasteiger partial charge in [0.15, 0.2) is 0 Å². The van der Waals surface area contributed by atoms with Gasteiger partial charge in [-0.2, -0.15) is 0 Å². The van der Waals surface area contributed by atoms with Crippen LogP contribution in [0.15, 0.2) is 18.3 Å². The molecule has 17 heavy (non-hydrogen) atoms. The molecule has 0 aliphatic heterocycles. The predicted molar refractivity (Wildman–Crippen MR) is 65.6 cm³/mol. The summed E-state index contributed by atoms with van der Waals surface area (Å²) in [5, 5.41) is 0. The first-order chi connectivity index (χ1) is 8.25. The lowest BCUT2D eigenvalue weighted by Crippen LogP contribution is -2.18. The predicted octanol–water partition coefficient (Wildman–Crippen LogP) is 2.54. The number of nitrogen functional groups attached to an aromatic ring is 1. The minimum Gasteiger partial charge on any atom is -0.458 e. The van der Waals surface area contributed by atoms with Gasteiger partial charge in [0.2, 0.25) is 0 Å². The van der Waals surface area contributed by atoms with Crippen molar-refractivity contribution in [2.75, 3.05) is 5.73 Å². The number of carbonyl (C=O) groups is 1. The number of hydrogen-bond donors (Lipinski definition) is 1. The van der Waals surface area contributed by atoms with Gasteiger partial charge in [0.25, 0.3) is 0 Å². The zero-order chi connectivity index (χ0) is 12.1. The minimum atomic E-state index is -0.336. The monoisotopic (exact) mass is 234 g/mol. The van der Waals surface area contributed by atoms with E-state index in [1.54, 1.807) is 12.1 Å². The van der Waals surface area contributed by atoms with Gasteiger partial charge in [-0.05, 0) is 37.8 Å². The first-order valence-electron chi connectivity index (χ1n) is 6.18. The fourth-order valence-electron chi connectivity index (χ4n) is 2.10. The number of hydrogen-bond acceptors (Lipinski definition) is 4. The molecule has 0 spiro atoms. The van der Waals surface area contributed by atoms with Crippen molar-refractivity contribution >= 4 is 11.7 Å². The second-order valence-electron chi connectivity index (χ2n) is 4.50. The Labute approximate surface area is 101 Å². The zero-order valence-corrected chi connectivity index (χ0v) is 9.89. The summed E-state index contributed by atoms with van der Waals surface area (Å²) in [6.45, 7) is 0. The summed E-state index contributed by atoms with van der Waals surface area (Å²) in [4.78, 5) is 15.8. The number of aromatic nitrogens is 1. The lowest BCUT2D eigenvalue weighted by Gasteiger charge is -2.14. The Morgan fingerprint density at radius 2 is 1.94 bits per heavy atom. The number of nitrogens with two attached hydrogens (primary N) is 1. The Morgan fingerprint density at radius 1 is 1.24 bits per heavy atom. The van der Waals surface area contributed by atoms with Crippen LogP contribution in [0.25, 0.3) is 0 Å². The third-order valence-corrected chi connectivity index (χ3v) is 3.07. The highest BCUT2D eigenvalue weighted by Gasteiger charge is 2.18. The summed E-state index contributed by atoms with van der Waals surface area (Å²) >= 11 is 0. The van der Waals surface area contributed by atoms with Crippen LogP contribution in [0.3, 0.4) is 0 Å². The number of carbonyl (C=O) groups excluding carboxylic acids is 1. The van der Waals surface area contributed by atoms with E-state index in [2.05, 4.69) is 4.98 Å². The molecule has 0 atom stereocenters. The van der Waals surface area contributed by atoms with E-state index < -0.39 is 0 Å². The Balaban J connectivity index is 1.93. The number of pyridine rings is 1. The standard InChI is InChI=1S/C13H18N2O2/c14-10-7-8-12(15-9-10)13(16)17-11-5-3-1-2-4-6-11/h7-9,11H,1-6,14H2. The number of anilines is 1. The summed E-state index contributed by atoms with van der Waals surface area (Å²) in [6.07, 6.45) is 8.26. The Bertz CT molecular complexity index is 368. The SMILES string of the molecule is Nc1ccc(C(=O)OC2CCCCCC2)nc1. The van der Waals surface area contributed by atoms with Gasteiger partial charge in [-0.15, -0.1) is 0 Å². The fourth-order valence-corrected chi connectivity index (χ4v) is 2.10. The van der Waals surface area contributed by atoms with E-state index in [4.69, 9.17) is 10.5 Å². The lowest BCUT2D eigenvalue weighted by atomic mass is 10.1. The van der Waals surface area contributed by atoms with Crippen molar-refractivity contribution in [2.45, 2.75) is 44.6 Å². The molecule has 2 N–H and O–H groups in total. The summed E-state index contributed by atoms with van der Waals surface area (Å²) in [7, 11) is 0. The van der Waals surface area contributed by atoms with E-state index >= 15 is 0 Å². The van der Waals surface area contributed by atoms with Crippen molar-refractivity contribution in [3.8, 4) is 0 Å². The van der Waals surface area contributed by atoms with Crippen LogP contribution in [-0.2, 0) is 4.74 Å².